The highest BCUT2D eigenvalue weighted by Crippen LogP contribution is 1.92. The van der Waals surface area contributed by atoms with Crippen molar-refractivity contribution in [3.63, 3.8) is 0 Å². The summed E-state index contributed by atoms with van der Waals surface area (Å²) in [4.78, 5) is 20.0. The number of hydrogen-bond acceptors (Lipinski definition) is 4. The fourth-order valence-corrected chi connectivity index (χ4v) is 0.307. The fraction of sp³-hybridized carbons (Fsp3) is 0.600. The second kappa shape index (κ2) is 4.37. The molecule has 0 bridgehead atoms. The predicted octanol–water partition coefficient (Wildman–Crippen LogP) is 0.327. The molecule has 0 aromatic rings. The number of carbonyl (C=O) groups is 2. The molecule has 0 fully saturated rings. The Morgan fingerprint density at radius 3 is 2.27 bits per heavy atom. The Bertz CT molecular complexity index is 187. The molecule has 0 radical (unpaired) electrons. The van der Waals surface area contributed by atoms with Crippen molar-refractivity contribution >= 4 is 12.2 Å². The van der Waals surface area contributed by atoms with Crippen LogP contribution in [-0.4, -0.2) is 18.3 Å². The smallest absolute Gasteiger partial charge is 0.452 e. The summed E-state index contributed by atoms with van der Waals surface area (Å²) in [6.07, 6.45) is -3.15. The van der Waals surface area contributed by atoms with Crippen molar-refractivity contribution in [2.75, 3.05) is 0 Å². The maximum atomic E-state index is 10.4. The fourth-order valence-electron chi connectivity index (χ4n) is 0.307. The molecule has 11 heavy (non-hydrogen) atoms. The van der Waals surface area contributed by atoms with Crippen LogP contribution in [0.1, 0.15) is 13.8 Å². The largest absolute Gasteiger partial charge is 0.527 e. The number of ether oxygens (including phenoxy) is 1. The summed E-state index contributed by atoms with van der Waals surface area (Å²) < 4.78 is 4.41. The zero-order chi connectivity index (χ0) is 8.85. The van der Waals surface area contributed by atoms with Crippen LogP contribution in [0.5, 0.6) is 0 Å². The monoisotopic (exact) mass is 159 g/mol. The van der Waals surface area contributed by atoms with Crippen LogP contribution in [0.3, 0.4) is 0 Å². The van der Waals surface area contributed by atoms with Crippen molar-refractivity contribution in [2.45, 2.75) is 20.0 Å². The molecule has 0 unspecified atom stereocenters. The zero-order valence-electron chi connectivity index (χ0n) is 6.10. The molecule has 6 heteroatoms. The number of hydrogen-bond donors (Lipinski definition) is 0. The molecule has 0 N–H and O–H groups in total. The highest BCUT2D eigenvalue weighted by molar-refractivity contribution is 5.71. The summed E-state index contributed by atoms with van der Waals surface area (Å²) in [5.41, 5.74) is 0. The van der Waals surface area contributed by atoms with Gasteiger partial charge in [-0.2, -0.15) is 0 Å². The Hall–Kier alpha value is -1.46. The molecule has 0 rings (SSSR count). The normalized spacial score (nSPS) is 10.5. The lowest BCUT2D eigenvalue weighted by molar-refractivity contribution is -0.246. The van der Waals surface area contributed by atoms with E-state index in [4.69, 9.17) is 0 Å². The average molecular weight is 159 g/mol. The van der Waals surface area contributed by atoms with E-state index < -0.39 is 12.2 Å². The number of nitrogens with zero attached hydrogens (tertiary/aromatic N) is 2. The van der Waals surface area contributed by atoms with Crippen LogP contribution in [-0.2, 0) is 4.74 Å². The molecule has 0 spiro atoms. The summed E-state index contributed by atoms with van der Waals surface area (Å²) in [6, 6.07) is 0. The van der Waals surface area contributed by atoms with Gasteiger partial charge in [-0.05, 0) is 13.8 Å². The zero-order valence-corrected chi connectivity index (χ0v) is 6.10. The van der Waals surface area contributed by atoms with Crippen molar-refractivity contribution in [3.05, 3.63) is 0 Å². The summed E-state index contributed by atoms with van der Waals surface area (Å²) >= 11 is 0. The molecule has 0 heterocycles. The minimum atomic E-state index is -1.77. The van der Waals surface area contributed by atoms with Gasteiger partial charge in [0.25, 0.3) is 0 Å². The Morgan fingerprint density at radius 2 is 1.91 bits per heavy atom. The van der Waals surface area contributed by atoms with Gasteiger partial charge in [0.2, 0.25) is 0 Å². The number of carboxylic acid groups (broad SMARTS) is 1. The Balaban J connectivity index is 3.78. The second-order valence-corrected chi connectivity index (χ2v) is 1.90. The standard InChI is InChI=1S/C5H8N2O4/c1-3(2)11-5(10)7-6-4(8)9/h3H,1-2H3,(H,8,9)/p-1. The van der Waals surface area contributed by atoms with Gasteiger partial charge < -0.3 is 14.6 Å². The Morgan fingerprint density at radius 1 is 1.36 bits per heavy atom. The topological polar surface area (TPSA) is 91.2 Å². The highest BCUT2D eigenvalue weighted by atomic mass is 16.6. The van der Waals surface area contributed by atoms with E-state index in [1.165, 1.54) is 0 Å². The third kappa shape index (κ3) is 6.42. The molecular weight excluding hydrogens is 152 g/mol. The molecule has 0 atom stereocenters. The van der Waals surface area contributed by atoms with E-state index in [9.17, 15) is 14.7 Å². The van der Waals surface area contributed by atoms with Crippen LogP contribution >= 0.6 is 0 Å². The second-order valence-electron chi connectivity index (χ2n) is 1.90. The lowest BCUT2D eigenvalue weighted by atomic mass is 10.5. The average Bonchev–Trinajstić information content (AvgIpc) is 1.82. The molecular formula is C5H7N2O4-. The van der Waals surface area contributed by atoms with Crippen molar-refractivity contribution in [3.8, 4) is 0 Å². The third-order valence-electron chi connectivity index (χ3n) is 0.550. The number of rotatable bonds is 1. The lowest BCUT2D eigenvalue weighted by Gasteiger charge is -2.01. The molecule has 2 amide bonds. The van der Waals surface area contributed by atoms with Gasteiger partial charge in [-0.1, -0.05) is 5.11 Å². The van der Waals surface area contributed by atoms with Gasteiger partial charge in [0.05, 0.1) is 6.10 Å². The first kappa shape index (κ1) is 9.54. The number of amides is 2. The van der Waals surface area contributed by atoms with Gasteiger partial charge in [-0.25, -0.2) is 4.79 Å². The van der Waals surface area contributed by atoms with E-state index in [-0.39, 0.29) is 6.10 Å². The first-order chi connectivity index (χ1) is 5.02. The van der Waals surface area contributed by atoms with Crippen LogP contribution in [0.4, 0.5) is 9.59 Å². The molecule has 0 aliphatic rings. The van der Waals surface area contributed by atoms with E-state index in [0.29, 0.717) is 0 Å². The summed E-state index contributed by atoms with van der Waals surface area (Å²) in [6.45, 7) is 3.21. The quantitative estimate of drug-likeness (QED) is 0.515. The van der Waals surface area contributed by atoms with Crippen molar-refractivity contribution in [2.24, 2.45) is 10.2 Å². The molecule has 62 valence electrons. The van der Waals surface area contributed by atoms with Gasteiger partial charge in [-0.15, -0.1) is 5.11 Å². The van der Waals surface area contributed by atoms with E-state index >= 15 is 0 Å². The SMILES string of the molecule is CC(C)OC(=O)N=NC(=O)[O-]. The van der Waals surface area contributed by atoms with Crippen molar-refractivity contribution < 1.29 is 19.4 Å². The summed E-state index contributed by atoms with van der Waals surface area (Å²) in [5.74, 6) is 0. The first-order valence-corrected chi connectivity index (χ1v) is 2.85. The number of azo groups is 1. The minimum Gasteiger partial charge on any atom is -0.527 e. The molecule has 6 nitrogen and oxygen atoms in total. The maximum Gasteiger partial charge on any atom is 0.452 e. The summed E-state index contributed by atoms with van der Waals surface area (Å²) in [7, 11) is 0. The van der Waals surface area contributed by atoms with Gasteiger partial charge >= 0.3 is 6.09 Å². The lowest BCUT2D eigenvalue weighted by Crippen LogP contribution is -2.17. The van der Waals surface area contributed by atoms with Crippen LogP contribution in [0.15, 0.2) is 10.2 Å². The van der Waals surface area contributed by atoms with E-state index in [1.807, 2.05) is 0 Å². The van der Waals surface area contributed by atoms with Gasteiger partial charge in [0.15, 0.2) is 6.09 Å². The molecule has 0 saturated heterocycles. The van der Waals surface area contributed by atoms with E-state index in [2.05, 4.69) is 15.0 Å². The Labute approximate surface area is 62.9 Å². The highest BCUT2D eigenvalue weighted by Gasteiger charge is 2.01. The predicted molar refractivity (Wildman–Crippen MR) is 31.9 cm³/mol. The Kier molecular flexibility index (Phi) is 3.79. The molecule has 0 aliphatic carbocycles. The summed E-state index contributed by atoms with van der Waals surface area (Å²) in [5, 5.41) is 14.7. The van der Waals surface area contributed by atoms with Crippen molar-refractivity contribution in [1.82, 2.24) is 0 Å². The van der Waals surface area contributed by atoms with Crippen LogP contribution in [0.25, 0.3) is 0 Å². The maximum absolute atomic E-state index is 10.4. The van der Waals surface area contributed by atoms with E-state index in [1.54, 1.807) is 13.8 Å². The van der Waals surface area contributed by atoms with Crippen LogP contribution in [0.2, 0.25) is 0 Å². The third-order valence-corrected chi connectivity index (χ3v) is 0.550. The number of carbonyl (C=O) groups excluding carboxylic acids is 2. The van der Waals surface area contributed by atoms with E-state index in [0.717, 1.165) is 0 Å². The molecule has 0 aromatic heterocycles. The van der Waals surface area contributed by atoms with Gasteiger partial charge in [-0.3, -0.25) is 0 Å². The van der Waals surface area contributed by atoms with Gasteiger partial charge in [0, 0.05) is 0 Å². The first-order valence-electron chi connectivity index (χ1n) is 2.85. The minimum absolute atomic E-state index is 0.344. The molecule has 0 aromatic carbocycles. The van der Waals surface area contributed by atoms with Crippen LogP contribution < -0.4 is 5.11 Å². The van der Waals surface area contributed by atoms with Gasteiger partial charge in [0.1, 0.15) is 0 Å². The van der Waals surface area contributed by atoms with Crippen molar-refractivity contribution in [1.29, 1.82) is 0 Å². The van der Waals surface area contributed by atoms with Crippen LogP contribution in [0, 0.1) is 0 Å². The molecule has 0 saturated carbocycles. The molecule has 0 aliphatic heterocycles.